The van der Waals surface area contributed by atoms with Crippen molar-refractivity contribution in [2.75, 3.05) is 5.88 Å². The highest BCUT2D eigenvalue weighted by Gasteiger charge is 2.09. The zero-order chi connectivity index (χ0) is 12.1. The summed E-state index contributed by atoms with van der Waals surface area (Å²) in [6, 6.07) is 5.31. The van der Waals surface area contributed by atoms with Gasteiger partial charge in [0.05, 0.1) is 17.0 Å². The maximum Gasteiger partial charge on any atom is 0.163 e. The van der Waals surface area contributed by atoms with E-state index in [1.165, 1.54) is 0 Å². The van der Waals surface area contributed by atoms with E-state index in [4.69, 9.17) is 33.7 Å². The van der Waals surface area contributed by atoms with Crippen molar-refractivity contribution in [2.24, 2.45) is 10.7 Å². The van der Waals surface area contributed by atoms with Gasteiger partial charge >= 0.3 is 0 Å². The second-order valence-electron chi connectivity index (χ2n) is 3.49. The minimum Gasteiger partial charge on any atom is -0.487 e. The number of halogens is 2. The molecule has 0 heterocycles. The highest BCUT2D eigenvalue weighted by Crippen LogP contribution is 2.35. The Morgan fingerprint density at radius 2 is 2.19 bits per heavy atom. The summed E-state index contributed by atoms with van der Waals surface area (Å²) in [7, 11) is 0. The standard InChI is InChI=1S/C11H14Cl2N2O/c1-7(2)16-11-8(13)4-3-5-9(11)15-10(14)6-12/h3-5,7H,6H2,1-2H3,(H2,14,15). The second kappa shape index (κ2) is 5.97. The van der Waals surface area contributed by atoms with E-state index in [0.717, 1.165) is 0 Å². The van der Waals surface area contributed by atoms with Gasteiger partial charge in [-0.1, -0.05) is 17.7 Å². The molecule has 16 heavy (non-hydrogen) atoms. The lowest BCUT2D eigenvalue weighted by molar-refractivity contribution is 0.243. The Morgan fingerprint density at radius 1 is 1.50 bits per heavy atom. The molecule has 0 bridgehead atoms. The van der Waals surface area contributed by atoms with Crippen molar-refractivity contribution in [3.8, 4) is 5.75 Å². The first kappa shape index (κ1) is 13.1. The number of rotatable bonds is 4. The third-order valence-corrected chi connectivity index (χ3v) is 2.27. The van der Waals surface area contributed by atoms with Gasteiger partial charge in [-0.3, -0.25) is 0 Å². The number of benzene rings is 1. The molecule has 1 aromatic carbocycles. The number of para-hydroxylation sites is 1. The van der Waals surface area contributed by atoms with Crippen LogP contribution in [0.3, 0.4) is 0 Å². The molecule has 0 aliphatic carbocycles. The first-order valence-electron chi connectivity index (χ1n) is 4.88. The number of hydrogen-bond acceptors (Lipinski definition) is 2. The predicted molar refractivity (Wildman–Crippen MR) is 69.2 cm³/mol. The molecule has 0 fully saturated rings. The van der Waals surface area contributed by atoms with E-state index < -0.39 is 0 Å². The SMILES string of the molecule is CC(C)Oc1c(Cl)cccc1N=C(N)CCl. The van der Waals surface area contributed by atoms with Gasteiger partial charge in [0.25, 0.3) is 0 Å². The molecule has 0 spiro atoms. The van der Waals surface area contributed by atoms with Crippen LogP contribution in [0.5, 0.6) is 5.75 Å². The third kappa shape index (κ3) is 3.58. The maximum absolute atomic E-state index is 6.03. The number of alkyl halides is 1. The fourth-order valence-electron chi connectivity index (χ4n) is 1.12. The quantitative estimate of drug-likeness (QED) is 0.513. The van der Waals surface area contributed by atoms with Gasteiger partial charge in [0.2, 0.25) is 0 Å². The van der Waals surface area contributed by atoms with Crippen LogP contribution in [0, 0.1) is 0 Å². The van der Waals surface area contributed by atoms with Gasteiger partial charge in [-0.2, -0.15) is 0 Å². The molecule has 0 aliphatic rings. The van der Waals surface area contributed by atoms with Crippen LogP contribution in [-0.2, 0) is 0 Å². The summed E-state index contributed by atoms with van der Waals surface area (Å²) in [6.07, 6.45) is 0.0195. The topological polar surface area (TPSA) is 47.6 Å². The fraction of sp³-hybridized carbons (Fsp3) is 0.364. The molecule has 0 radical (unpaired) electrons. The van der Waals surface area contributed by atoms with Crippen LogP contribution in [0.4, 0.5) is 5.69 Å². The summed E-state index contributed by atoms with van der Waals surface area (Å²) >= 11 is 11.6. The Balaban J connectivity index is 3.12. The van der Waals surface area contributed by atoms with Crippen molar-refractivity contribution in [3.05, 3.63) is 23.2 Å². The third-order valence-electron chi connectivity index (χ3n) is 1.70. The molecule has 0 amide bonds. The summed E-state index contributed by atoms with van der Waals surface area (Å²) in [6.45, 7) is 3.84. The molecule has 1 rings (SSSR count). The molecule has 0 saturated heterocycles. The average Bonchev–Trinajstić information content (AvgIpc) is 2.22. The second-order valence-corrected chi connectivity index (χ2v) is 4.17. The number of aliphatic imine (C=N–C) groups is 1. The molecule has 5 heteroatoms. The largest absolute Gasteiger partial charge is 0.487 e. The van der Waals surface area contributed by atoms with Gasteiger partial charge in [0.1, 0.15) is 11.5 Å². The Kier molecular flexibility index (Phi) is 4.90. The summed E-state index contributed by atoms with van der Waals surface area (Å²) in [5.74, 6) is 1.04. The lowest BCUT2D eigenvalue weighted by Crippen LogP contribution is -2.12. The Morgan fingerprint density at radius 3 is 2.75 bits per heavy atom. The van der Waals surface area contributed by atoms with E-state index in [2.05, 4.69) is 4.99 Å². The zero-order valence-electron chi connectivity index (χ0n) is 9.21. The smallest absolute Gasteiger partial charge is 0.163 e. The van der Waals surface area contributed by atoms with Crippen LogP contribution >= 0.6 is 23.2 Å². The summed E-state index contributed by atoms with van der Waals surface area (Å²) in [5, 5.41) is 0.511. The minimum absolute atomic E-state index is 0.0195. The molecule has 0 atom stereocenters. The number of nitrogens with two attached hydrogens (primary N) is 1. The van der Waals surface area contributed by atoms with E-state index in [-0.39, 0.29) is 12.0 Å². The van der Waals surface area contributed by atoms with Crippen LogP contribution in [0.25, 0.3) is 0 Å². The highest BCUT2D eigenvalue weighted by molar-refractivity contribution is 6.32. The van der Waals surface area contributed by atoms with Crippen LogP contribution in [-0.4, -0.2) is 17.8 Å². The Hall–Kier alpha value is -0.930. The van der Waals surface area contributed by atoms with Crippen LogP contribution < -0.4 is 10.5 Å². The lowest BCUT2D eigenvalue weighted by atomic mass is 10.3. The normalized spacial score (nSPS) is 11.9. The number of amidine groups is 1. The van der Waals surface area contributed by atoms with E-state index in [1.54, 1.807) is 18.2 Å². The maximum atomic E-state index is 6.03. The molecule has 1 aromatic rings. The molecule has 0 aromatic heterocycles. The lowest BCUT2D eigenvalue weighted by Gasteiger charge is -2.13. The molecule has 0 aliphatic heterocycles. The van der Waals surface area contributed by atoms with Gasteiger partial charge in [0, 0.05) is 0 Å². The predicted octanol–water partition coefficient (Wildman–Crippen LogP) is 3.35. The van der Waals surface area contributed by atoms with Crippen molar-refractivity contribution < 1.29 is 4.74 Å². The summed E-state index contributed by atoms with van der Waals surface area (Å²) in [5.41, 5.74) is 6.17. The fourth-order valence-corrected chi connectivity index (χ4v) is 1.40. The van der Waals surface area contributed by atoms with E-state index in [1.807, 2.05) is 13.8 Å². The van der Waals surface area contributed by atoms with Crippen molar-refractivity contribution in [1.29, 1.82) is 0 Å². The molecule has 0 unspecified atom stereocenters. The van der Waals surface area contributed by atoms with Crippen molar-refractivity contribution in [1.82, 2.24) is 0 Å². The minimum atomic E-state index is 0.0195. The van der Waals surface area contributed by atoms with Crippen molar-refractivity contribution in [2.45, 2.75) is 20.0 Å². The monoisotopic (exact) mass is 260 g/mol. The molecular weight excluding hydrogens is 247 g/mol. The Bertz CT molecular complexity index is 392. The molecule has 2 N–H and O–H groups in total. The summed E-state index contributed by atoms with van der Waals surface area (Å²) in [4.78, 5) is 4.14. The first-order chi connectivity index (χ1) is 7.54. The van der Waals surface area contributed by atoms with E-state index >= 15 is 0 Å². The van der Waals surface area contributed by atoms with Gasteiger partial charge in [-0.15, -0.1) is 11.6 Å². The average molecular weight is 261 g/mol. The molecule has 3 nitrogen and oxygen atoms in total. The molecule has 0 saturated carbocycles. The van der Waals surface area contributed by atoms with Gasteiger partial charge in [-0.05, 0) is 26.0 Å². The van der Waals surface area contributed by atoms with E-state index in [9.17, 15) is 0 Å². The van der Waals surface area contributed by atoms with Crippen molar-refractivity contribution in [3.63, 3.8) is 0 Å². The Labute approximate surface area is 105 Å². The molecule has 88 valence electrons. The molecular formula is C11H14Cl2N2O. The van der Waals surface area contributed by atoms with Crippen LogP contribution in [0.2, 0.25) is 5.02 Å². The zero-order valence-corrected chi connectivity index (χ0v) is 10.7. The highest BCUT2D eigenvalue weighted by atomic mass is 35.5. The van der Waals surface area contributed by atoms with Gasteiger partial charge in [-0.25, -0.2) is 4.99 Å². The first-order valence-corrected chi connectivity index (χ1v) is 5.80. The van der Waals surface area contributed by atoms with E-state index in [0.29, 0.717) is 22.3 Å². The van der Waals surface area contributed by atoms with Gasteiger partial charge in [0.15, 0.2) is 5.75 Å². The van der Waals surface area contributed by atoms with Gasteiger partial charge < -0.3 is 10.5 Å². The van der Waals surface area contributed by atoms with Crippen LogP contribution in [0.1, 0.15) is 13.8 Å². The summed E-state index contributed by atoms with van der Waals surface area (Å²) < 4.78 is 5.58. The van der Waals surface area contributed by atoms with Crippen LogP contribution in [0.15, 0.2) is 23.2 Å². The number of ether oxygens (including phenoxy) is 1. The number of hydrogen-bond donors (Lipinski definition) is 1. The van der Waals surface area contributed by atoms with Crippen molar-refractivity contribution >= 4 is 34.7 Å². The number of nitrogens with zero attached hydrogens (tertiary/aromatic N) is 1.